The molecule has 0 saturated carbocycles. The molecule has 0 spiro atoms. The molecule has 3 rings (SSSR count). The molecule has 5 heteroatoms. The van der Waals surface area contributed by atoms with Crippen LogP contribution in [0.2, 0.25) is 0 Å². The quantitative estimate of drug-likeness (QED) is 0.901. The van der Waals surface area contributed by atoms with Crippen LogP contribution in [-0.4, -0.2) is 48.6 Å². The molecule has 2 N–H and O–H groups in total. The Morgan fingerprint density at radius 2 is 2.05 bits per heavy atom. The van der Waals surface area contributed by atoms with Crippen molar-refractivity contribution in [3.05, 3.63) is 34.1 Å². The minimum absolute atomic E-state index is 0.125. The fourth-order valence-corrected chi connectivity index (χ4v) is 3.92. The molecule has 1 aromatic carbocycles. The van der Waals surface area contributed by atoms with Crippen molar-refractivity contribution in [3.63, 3.8) is 0 Å². The maximum absolute atomic E-state index is 13.8. The number of benzene rings is 1. The number of hydrogen-bond acceptors (Lipinski definition) is 3. The molecule has 2 heterocycles. The van der Waals surface area contributed by atoms with Gasteiger partial charge in [0.15, 0.2) is 0 Å². The first kappa shape index (κ1) is 15.4. The highest BCUT2D eigenvalue weighted by Crippen LogP contribution is 2.29. The minimum Gasteiger partial charge on any atom is -0.329 e. The Balaban J connectivity index is 1.70. The molecule has 3 nitrogen and oxygen atoms in total. The summed E-state index contributed by atoms with van der Waals surface area (Å²) in [6.07, 6.45) is 3.86. The number of likely N-dealkylation sites (tertiary alicyclic amines) is 2. The van der Waals surface area contributed by atoms with E-state index in [-0.39, 0.29) is 11.9 Å². The van der Waals surface area contributed by atoms with Crippen molar-refractivity contribution in [2.24, 2.45) is 5.73 Å². The summed E-state index contributed by atoms with van der Waals surface area (Å²) in [5.41, 5.74) is 6.97. The SMILES string of the molecule is NCC(c1ccc(Br)c(F)c1)N1CCC(N2CCCC2)C1. The fraction of sp³-hybridized carbons (Fsp3) is 0.625. The third-order valence-electron chi connectivity index (χ3n) is 4.84. The average molecular weight is 356 g/mol. The number of halogens is 2. The summed E-state index contributed by atoms with van der Waals surface area (Å²) >= 11 is 3.21. The summed E-state index contributed by atoms with van der Waals surface area (Å²) in [4.78, 5) is 5.03. The number of hydrogen-bond donors (Lipinski definition) is 1. The van der Waals surface area contributed by atoms with Crippen LogP contribution in [0, 0.1) is 5.82 Å². The Bertz CT molecular complexity index is 490. The van der Waals surface area contributed by atoms with Crippen LogP contribution in [-0.2, 0) is 0 Å². The van der Waals surface area contributed by atoms with Gasteiger partial charge in [0, 0.05) is 31.7 Å². The van der Waals surface area contributed by atoms with Crippen LogP contribution in [0.5, 0.6) is 0 Å². The third kappa shape index (κ3) is 3.31. The van der Waals surface area contributed by atoms with Crippen molar-refractivity contribution in [1.82, 2.24) is 9.80 Å². The third-order valence-corrected chi connectivity index (χ3v) is 5.49. The van der Waals surface area contributed by atoms with Crippen LogP contribution >= 0.6 is 15.9 Å². The van der Waals surface area contributed by atoms with Crippen molar-refractivity contribution in [3.8, 4) is 0 Å². The van der Waals surface area contributed by atoms with Gasteiger partial charge in [-0.2, -0.15) is 0 Å². The lowest BCUT2D eigenvalue weighted by Crippen LogP contribution is -2.38. The molecule has 2 unspecified atom stereocenters. The lowest BCUT2D eigenvalue weighted by molar-refractivity contribution is 0.202. The minimum atomic E-state index is -0.207. The molecular formula is C16H23BrFN3. The lowest BCUT2D eigenvalue weighted by Gasteiger charge is -2.29. The predicted octanol–water partition coefficient (Wildman–Crippen LogP) is 2.76. The Kier molecular flexibility index (Phi) is 4.94. The summed E-state index contributed by atoms with van der Waals surface area (Å²) in [7, 11) is 0. The van der Waals surface area contributed by atoms with Crippen molar-refractivity contribution in [2.75, 3.05) is 32.7 Å². The van der Waals surface area contributed by atoms with Gasteiger partial charge in [-0.25, -0.2) is 4.39 Å². The molecule has 2 saturated heterocycles. The van der Waals surface area contributed by atoms with E-state index in [1.807, 2.05) is 6.07 Å². The van der Waals surface area contributed by atoms with E-state index >= 15 is 0 Å². The standard InChI is InChI=1S/C16H23BrFN3/c17-14-4-3-12(9-15(14)18)16(10-19)21-8-5-13(11-21)20-6-1-2-7-20/h3-4,9,13,16H,1-2,5-8,10-11,19H2. The normalized spacial score (nSPS) is 25.6. The number of rotatable bonds is 4. The first-order valence-corrected chi connectivity index (χ1v) is 8.61. The van der Waals surface area contributed by atoms with E-state index in [2.05, 4.69) is 25.7 Å². The highest BCUT2D eigenvalue weighted by atomic mass is 79.9. The van der Waals surface area contributed by atoms with E-state index < -0.39 is 0 Å². The Hall–Kier alpha value is -0.490. The van der Waals surface area contributed by atoms with Crippen LogP contribution in [0.15, 0.2) is 22.7 Å². The van der Waals surface area contributed by atoms with Crippen LogP contribution < -0.4 is 5.73 Å². The van der Waals surface area contributed by atoms with Gasteiger partial charge in [-0.15, -0.1) is 0 Å². The van der Waals surface area contributed by atoms with Gasteiger partial charge in [-0.1, -0.05) is 6.07 Å². The van der Waals surface area contributed by atoms with Gasteiger partial charge in [0.25, 0.3) is 0 Å². The Labute approximate surface area is 134 Å². The van der Waals surface area contributed by atoms with E-state index in [0.717, 1.165) is 18.7 Å². The van der Waals surface area contributed by atoms with Gasteiger partial charge in [-0.3, -0.25) is 9.80 Å². The molecule has 116 valence electrons. The molecule has 2 fully saturated rings. The summed E-state index contributed by atoms with van der Waals surface area (Å²) in [6.45, 7) is 5.12. The van der Waals surface area contributed by atoms with Gasteiger partial charge >= 0.3 is 0 Å². The second kappa shape index (κ2) is 6.73. The second-order valence-electron chi connectivity index (χ2n) is 6.11. The zero-order chi connectivity index (χ0) is 14.8. The largest absolute Gasteiger partial charge is 0.329 e. The predicted molar refractivity (Wildman–Crippen MR) is 86.7 cm³/mol. The molecule has 2 aliphatic heterocycles. The van der Waals surface area contributed by atoms with Crippen molar-refractivity contribution in [2.45, 2.75) is 31.3 Å². The molecule has 0 radical (unpaired) electrons. The molecule has 0 amide bonds. The zero-order valence-electron chi connectivity index (χ0n) is 12.3. The van der Waals surface area contributed by atoms with Crippen LogP contribution in [0.4, 0.5) is 4.39 Å². The lowest BCUT2D eigenvalue weighted by atomic mass is 10.1. The highest BCUT2D eigenvalue weighted by molar-refractivity contribution is 9.10. The molecule has 0 bridgehead atoms. The maximum atomic E-state index is 13.8. The molecule has 21 heavy (non-hydrogen) atoms. The summed E-state index contributed by atoms with van der Waals surface area (Å²) in [5, 5.41) is 0. The fourth-order valence-electron chi connectivity index (χ4n) is 3.67. The number of nitrogens with zero attached hydrogens (tertiary/aromatic N) is 2. The molecule has 0 aliphatic carbocycles. The van der Waals surface area contributed by atoms with Gasteiger partial charge in [-0.05, 0) is 66.0 Å². The van der Waals surface area contributed by atoms with E-state index in [0.29, 0.717) is 17.1 Å². The Morgan fingerprint density at radius 1 is 1.29 bits per heavy atom. The van der Waals surface area contributed by atoms with Gasteiger partial charge in [0.1, 0.15) is 5.82 Å². The molecule has 0 aromatic heterocycles. The van der Waals surface area contributed by atoms with Crippen LogP contribution in [0.3, 0.4) is 0 Å². The number of nitrogens with two attached hydrogens (primary N) is 1. The van der Waals surface area contributed by atoms with E-state index in [9.17, 15) is 4.39 Å². The monoisotopic (exact) mass is 355 g/mol. The highest BCUT2D eigenvalue weighted by Gasteiger charge is 2.32. The maximum Gasteiger partial charge on any atom is 0.137 e. The first-order valence-electron chi connectivity index (χ1n) is 7.82. The van der Waals surface area contributed by atoms with Crippen LogP contribution in [0.25, 0.3) is 0 Å². The van der Waals surface area contributed by atoms with E-state index in [1.54, 1.807) is 12.1 Å². The van der Waals surface area contributed by atoms with Crippen molar-refractivity contribution in [1.29, 1.82) is 0 Å². The Morgan fingerprint density at radius 3 is 2.71 bits per heavy atom. The van der Waals surface area contributed by atoms with Crippen molar-refractivity contribution >= 4 is 15.9 Å². The molecular weight excluding hydrogens is 333 g/mol. The van der Waals surface area contributed by atoms with Gasteiger partial charge < -0.3 is 5.73 Å². The van der Waals surface area contributed by atoms with Crippen LogP contribution in [0.1, 0.15) is 30.9 Å². The topological polar surface area (TPSA) is 32.5 Å². The molecule has 2 aliphatic rings. The van der Waals surface area contributed by atoms with Gasteiger partial charge in [0.2, 0.25) is 0 Å². The first-order chi connectivity index (χ1) is 10.2. The summed E-state index contributed by atoms with van der Waals surface area (Å²) in [6, 6.07) is 6.15. The zero-order valence-corrected chi connectivity index (χ0v) is 13.9. The summed E-state index contributed by atoms with van der Waals surface area (Å²) in [5.74, 6) is -0.207. The van der Waals surface area contributed by atoms with Crippen molar-refractivity contribution < 1.29 is 4.39 Å². The average Bonchev–Trinajstić information content (AvgIpc) is 3.14. The van der Waals surface area contributed by atoms with Gasteiger partial charge in [0.05, 0.1) is 4.47 Å². The molecule has 1 aromatic rings. The smallest absolute Gasteiger partial charge is 0.137 e. The molecule has 2 atom stereocenters. The van der Waals surface area contributed by atoms with E-state index in [1.165, 1.54) is 32.4 Å². The van der Waals surface area contributed by atoms with E-state index in [4.69, 9.17) is 5.73 Å². The summed E-state index contributed by atoms with van der Waals surface area (Å²) < 4.78 is 14.3. The second-order valence-corrected chi connectivity index (χ2v) is 6.96.